The fraction of sp³-hybridized carbons (Fsp3) is 1.00. The van der Waals surface area contributed by atoms with Gasteiger partial charge in [0, 0.05) is 6.85 Å². The topological polar surface area (TPSA) is 9.23 Å². The Morgan fingerprint density at radius 2 is 2.22 bits per heavy atom. The number of hydrogen-bond donors (Lipinski definition) is 0. The Morgan fingerprint density at radius 1 is 1.56 bits per heavy atom. The van der Waals surface area contributed by atoms with Crippen LogP contribution in [0.1, 0.15) is 47.3 Å². The van der Waals surface area contributed by atoms with E-state index in [2.05, 4.69) is 0 Å². The third kappa shape index (κ3) is 4.46. The fourth-order valence-corrected chi connectivity index (χ4v) is 0.397. The molecule has 9 heavy (non-hydrogen) atoms. The van der Waals surface area contributed by atoms with Crippen LogP contribution in [0.5, 0.6) is 0 Å². The van der Waals surface area contributed by atoms with Gasteiger partial charge in [0.2, 0.25) is 0 Å². The molecule has 0 N–H and O–H groups in total. The molecule has 0 rings (SSSR count). The minimum absolute atomic E-state index is 0.240. The van der Waals surface area contributed by atoms with E-state index in [1.54, 1.807) is 6.92 Å². The van der Waals surface area contributed by atoms with Crippen molar-refractivity contribution in [3.05, 3.63) is 0 Å². The molecular formula is C8H18O. The van der Waals surface area contributed by atoms with E-state index in [1.165, 1.54) is 6.92 Å². The van der Waals surface area contributed by atoms with Crippen LogP contribution in [0.2, 0.25) is 0 Å². The maximum atomic E-state index is 7.39. The van der Waals surface area contributed by atoms with Crippen molar-refractivity contribution in [3.8, 4) is 0 Å². The highest BCUT2D eigenvalue weighted by molar-refractivity contribution is 4.50. The van der Waals surface area contributed by atoms with Crippen LogP contribution < -0.4 is 0 Å². The van der Waals surface area contributed by atoms with Crippen LogP contribution in [0.3, 0.4) is 0 Å². The van der Waals surface area contributed by atoms with E-state index < -0.39 is 19.3 Å². The Balaban J connectivity index is 4.59. The van der Waals surface area contributed by atoms with Gasteiger partial charge in [0.05, 0.1) is 12.2 Å². The predicted octanol–water partition coefficient (Wildman–Crippen LogP) is 2.60. The van der Waals surface area contributed by atoms with Gasteiger partial charge in [-0.15, -0.1) is 0 Å². The molecule has 0 saturated heterocycles. The van der Waals surface area contributed by atoms with Crippen LogP contribution in [-0.2, 0) is 4.74 Å². The number of ether oxygens (including phenoxy) is 1. The van der Waals surface area contributed by atoms with Gasteiger partial charge >= 0.3 is 0 Å². The number of rotatable bonds is 4. The molecular weight excluding hydrogens is 112 g/mol. The summed E-state index contributed by atoms with van der Waals surface area (Å²) < 4.78 is 41.5. The summed E-state index contributed by atoms with van der Waals surface area (Å²) in [5, 5.41) is 0. The van der Waals surface area contributed by atoms with E-state index in [9.17, 15) is 0 Å². The van der Waals surface area contributed by atoms with Crippen LogP contribution >= 0.6 is 0 Å². The van der Waals surface area contributed by atoms with Crippen LogP contribution in [0.15, 0.2) is 0 Å². The minimum atomic E-state index is -2.42. The van der Waals surface area contributed by atoms with E-state index in [0.29, 0.717) is 6.42 Å². The fourth-order valence-electron chi connectivity index (χ4n) is 0.397. The second kappa shape index (κ2) is 4.80. The average molecular weight is 135 g/mol. The molecule has 1 nitrogen and oxygen atoms in total. The molecule has 0 radical (unpaired) electrons. The quantitative estimate of drug-likeness (QED) is 0.575. The van der Waals surface area contributed by atoms with E-state index >= 15 is 0 Å². The van der Waals surface area contributed by atoms with Crippen LogP contribution in [0.4, 0.5) is 0 Å². The van der Waals surface area contributed by atoms with Crippen molar-refractivity contribution >= 4 is 0 Å². The van der Waals surface area contributed by atoms with Crippen molar-refractivity contribution in [2.75, 3.05) is 0 Å². The molecule has 0 unspecified atom stereocenters. The monoisotopic (exact) mass is 135 g/mol. The Morgan fingerprint density at radius 3 is 2.56 bits per heavy atom. The van der Waals surface area contributed by atoms with Gasteiger partial charge < -0.3 is 4.74 Å². The first kappa shape index (κ1) is 3.38. The van der Waals surface area contributed by atoms with Gasteiger partial charge in [-0.1, -0.05) is 13.8 Å². The molecule has 0 aliphatic heterocycles. The zero-order valence-electron chi connectivity index (χ0n) is 11.3. The van der Waals surface area contributed by atoms with E-state index in [0.717, 1.165) is 0 Å². The van der Waals surface area contributed by atoms with Gasteiger partial charge in [-0.2, -0.15) is 0 Å². The first-order valence-electron chi connectivity index (χ1n) is 5.74. The molecule has 0 fully saturated rings. The maximum absolute atomic E-state index is 7.39. The molecule has 0 aliphatic carbocycles. The van der Waals surface area contributed by atoms with Gasteiger partial charge in [0.1, 0.15) is 0 Å². The average Bonchev–Trinajstić information content (AvgIpc) is 1.95. The van der Waals surface area contributed by atoms with Crippen molar-refractivity contribution in [3.63, 3.8) is 0 Å². The summed E-state index contributed by atoms with van der Waals surface area (Å²) in [7, 11) is 0. The Hall–Kier alpha value is -0.0400. The molecule has 0 aromatic heterocycles. The third-order valence-corrected chi connectivity index (χ3v) is 1.21. The third-order valence-electron chi connectivity index (χ3n) is 1.21. The molecule has 0 aromatic carbocycles. The van der Waals surface area contributed by atoms with Gasteiger partial charge in [0.15, 0.2) is 0 Å². The van der Waals surface area contributed by atoms with Gasteiger partial charge in [-0.3, -0.25) is 0 Å². The molecule has 2 atom stereocenters. The molecule has 0 saturated carbocycles. The lowest BCUT2D eigenvalue weighted by Crippen LogP contribution is -2.14. The second-order valence-corrected chi connectivity index (χ2v) is 2.02. The molecule has 0 amide bonds. The van der Waals surface area contributed by atoms with E-state index in [1.807, 2.05) is 6.92 Å². The molecule has 0 heterocycles. The van der Waals surface area contributed by atoms with Crippen molar-refractivity contribution in [1.29, 1.82) is 0 Å². The normalized spacial score (nSPS) is 28.6. The Kier molecular flexibility index (Phi) is 1.80. The smallest absolute Gasteiger partial charge is 0.0548 e. The van der Waals surface area contributed by atoms with Crippen molar-refractivity contribution in [2.45, 2.75) is 52.6 Å². The zero-order chi connectivity index (χ0) is 11.6. The first-order chi connectivity index (χ1) is 6.09. The molecule has 0 aromatic rings. The summed E-state index contributed by atoms with van der Waals surface area (Å²) in [4.78, 5) is 0. The zero-order valence-corrected chi connectivity index (χ0v) is 6.27. The summed E-state index contributed by atoms with van der Waals surface area (Å²) in [6.07, 6.45) is -2.78. The molecule has 56 valence electrons. The van der Waals surface area contributed by atoms with Crippen LogP contribution in [0, 0.1) is 0 Å². The largest absolute Gasteiger partial charge is 0.376 e. The molecule has 1 heteroatoms. The molecule has 0 spiro atoms. The highest BCUT2D eigenvalue weighted by Gasteiger charge is 2.02. The lowest BCUT2D eigenvalue weighted by Gasteiger charge is -2.15. The standard InChI is InChI=1S/C8H18O/c1-5-7(3)9-8(4)6-2/h7-8H,5-6H2,1-4H3/t7-,8-/m1/s1/i3D3,5D2. The van der Waals surface area contributed by atoms with E-state index in [-0.39, 0.29) is 6.10 Å². The highest BCUT2D eigenvalue weighted by Crippen LogP contribution is 2.03. The van der Waals surface area contributed by atoms with Gasteiger partial charge in [-0.05, 0) is 26.6 Å². The van der Waals surface area contributed by atoms with Crippen LogP contribution in [-0.4, -0.2) is 12.2 Å². The van der Waals surface area contributed by atoms with Crippen molar-refractivity contribution < 1.29 is 11.6 Å². The molecule has 0 aliphatic rings. The molecule has 0 bridgehead atoms. The minimum Gasteiger partial charge on any atom is -0.376 e. The van der Waals surface area contributed by atoms with Gasteiger partial charge in [-0.25, -0.2) is 0 Å². The van der Waals surface area contributed by atoms with Crippen molar-refractivity contribution in [1.82, 2.24) is 0 Å². The lowest BCUT2D eigenvalue weighted by atomic mass is 10.3. The summed E-state index contributed by atoms with van der Waals surface area (Å²) in [6, 6.07) is 0. The summed E-state index contributed by atoms with van der Waals surface area (Å²) in [5.74, 6) is 0. The Bertz CT molecular complexity index is 158. The predicted molar refractivity (Wildman–Crippen MR) is 40.6 cm³/mol. The maximum Gasteiger partial charge on any atom is 0.0548 e. The second-order valence-electron chi connectivity index (χ2n) is 2.02. The van der Waals surface area contributed by atoms with E-state index in [4.69, 9.17) is 11.6 Å². The summed E-state index contributed by atoms with van der Waals surface area (Å²) in [5.41, 5.74) is 0. The first-order valence-corrected chi connectivity index (χ1v) is 3.24. The number of hydrogen-bond acceptors (Lipinski definition) is 1. The van der Waals surface area contributed by atoms with Gasteiger partial charge in [0.25, 0.3) is 0 Å². The van der Waals surface area contributed by atoms with Crippen molar-refractivity contribution in [2.24, 2.45) is 0 Å². The summed E-state index contributed by atoms with van der Waals surface area (Å²) >= 11 is 0. The SMILES string of the molecule is [2H]C([2H])([2H])[C@@H](O[C@H](C)CC)C([2H])([2H])C. The van der Waals surface area contributed by atoms with Crippen LogP contribution in [0.25, 0.3) is 0 Å². The highest BCUT2D eigenvalue weighted by atomic mass is 16.5. The lowest BCUT2D eigenvalue weighted by molar-refractivity contribution is 0.00511. The Labute approximate surface area is 65.4 Å². The summed E-state index contributed by atoms with van der Waals surface area (Å²) in [6.45, 7) is 2.42.